The zero-order valence-corrected chi connectivity index (χ0v) is 40.3. The van der Waals surface area contributed by atoms with Crippen molar-refractivity contribution in [1.82, 2.24) is 44.7 Å². The summed E-state index contributed by atoms with van der Waals surface area (Å²) in [4.78, 5) is 123. The second-order valence-electron chi connectivity index (χ2n) is 16.5. The van der Waals surface area contributed by atoms with Gasteiger partial charge in [0.05, 0.1) is 37.2 Å². The number of hydrogen-bond donors (Lipinski definition) is 14. The summed E-state index contributed by atoms with van der Waals surface area (Å²) in [5.41, 5.74) is 3.73. The zero-order chi connectivity index (χ0) is 55.3. The number of phosphoric acid groups is 2. The normalized spacial score (nSPS) is 20.8. The lowest BCUT2D eigenvalue weighted by atomic mass is 10.1. The minimum absolute atomic E-state index is 0.0181. The SMILES string of the molecule is CC(OP(=O)(O)OCC(O)C(O)C(O)Cn1c2nc(=O)[nH]c(=O)c-2cc2cc(OP(=O)(O)OCC3OC(n4cnc5c(N)ncnc54)C(O)C3O)ccc21)C(=O)NC(CCC(=O)NC(CCC(=O)O)C(=O)O)C(=O)O. The number of nitrogens with zero attached hydrogens (tertiary/aromatic N) is 6. The van der Waals surface area contributed by atoms with Crippen LogP contribution in [0.15, 0.2) is 46.5 Å². The number of ether oxygens (including phenoxy) is 1. The number of aromatic amines is 1. The van der Waals surface area contributed by atoms with E-state index in [0.717, 1.165) is 30.0 Å². The number of pyridine rings is 1. The highest BCUT2D eigenvalue weighted by Gasteiger charge is 2.46. The van der Waals surface area contributed by atoms with E-state index in [2.05, 4.69) is 19.9 Å². The molecule has 2 amide bonds. The van der Waals surface area contributed by atoms with Crippen LogP contribution in [0.2, 0.25) is 0 Å². The van der Waals surface area contributed by atoms with Crippen LogP contribution in [0.4, 0.5) is 5.82 Å². The van der Waals surface area contributed by atoms with E-state index in [4.69, 9.17) is 33.7 Å². The Morgan fingerprint density at radius 1 is 0.893 bits per heavy atom. The Bertz CT molecular complexity index is 3140. The molecule has 3 aromatic rings. The number of amides is 2. The van der Waals surface area contributed by atoms with Crippen molar-refractivity contribution in [1.29, 1.82) is 0 Å². The zero-order valence-electron chi connectivity index (χ0n) is 38.5. The summed E-state index contributed by atoms with van der Waals surface area (Å²) in [6, 6.07) is 1.18. The van der Waals surface area contributed by atoms with Gasteiger partial charge in [0.2, 0.25) is 11.8 Å². The molecule has 12 atom stereocenters. The minimum atomic E-state index is -5.37. The number of carbonyl (C=O) groups is 5. The van der Waals surface area contributed by atoms with Crippen molar-refractivity contribution in [3.05, 3.63) is 57.8 Å². The maximum atomic E-state index is 13.2. The topological polar surface area (TPSA) is 529 Å². The van der Waals surface area contributed by atoms with Gasteiger partial charge in [0.25, 0.3) is 5.56 Å². The van der Waals surface area contributed by atoms with E-state index in [0.29, 0.717) is 0 Å². The number of hydrogen-bond acceptors (Lipinski definition) is 24. The van der Waals surface area contributed by atoms with Crippen LogP contribution in [-0.2, 0) is 58.0 Å². The molecule has 2 aromatic heterocycles. The predicted molar refractivity (Wildman–Crippen MR) is 245 cm³/mol. The first kappa shape index (κ1) is 57.4. The van der Waals surface area contributed by atoms with E-state index in [9.17, 15) is 88.2 Å². The fourth-order valence-corrected chi connectivity index (χ4v) is 9.05. The van der Waals surface area contributed by atoms with Gasteiger partial charge in [-0.1, -0.05) is 0 Å². The number of rotatable bonds is 26. The summed E-state index contributed by atoms with van der Waals surface area (Å²) in [7, 11) is -10.5. The van der Waals surface area contributed by atoms with Gasteiger partial charge in [-0.2, -0.15) is 4.98 Å². The Labute approximate surface area is 417 Å². The molecule has 12 unspecified atom stereocenters. The molecule has 3 aliphatic rings. The van der Waals surface area contributed by atoms with Gasteiger partial charge >= 0.3 is 39.2 Å². The van der Waals surface area contributed by atoms with E-state index < -0.39 is 163 Å². The van der Waals surface area contributed by atoms with Crippen molar-refractivity contribution in [3.63, 3.8) is 0 Å². The molecule has 1 saturated heterocycles. The first-order valence-corrected chi connectivity index (χ1v) is 24.8. The second-order valence-corrected chi connectivity index (χ2v) is 19.3. The monoisotopic (exact) mass is 1100 g/mol. The Hall–Kier alpha value is -6.91. The van der Waals surface area contributed by atoms with Gasteiger partial charge in [0.15, 0.2) is 23.5 Å². The van der Waals surface area contributed by atoms with Gasteiger partial charge in [0, 0.05) is 18.2 Å². The molecule has 408 valence electrons. The average Bonchev–Trinajstić information content (AvgIpc) is 3.89. The number of carboxylic acid groups (broad SMARTS) is 3. The quantitative estimate of drug-likeness (QED) is 0.0186. The number of imidazole rings is 1. The van der Waals surface area contributed by atoms with Crippen LogP contribution in [0.5, 0.6) is 5.75 Å². The molecule has 1 fully saturated rings. The third-order valence-corrected chi connectivity index (χ3v) is 13.1. The minimum Gasteiger partial charge on any atom is -0.481 e. The maximum Gasteiger partial charge on any atom is 0.527 e. The van der Waals surface area contributed by atoms with Crippen molar-refractivity contribution in [3.8, 4) is 17.1 Å². The molecule has 75 heavy (non-hydrogen) atoms. The number of fused-ring (bicyclic) bond motifs is 3. The smallest absolute Gasteiger partial charge is 0.481 e. The van der Waals surface area contributed by atoms with Crippen molar-refractivity contribution < 1.29 is 107 Å². The van der Waals surface area contributed by atoms with Gasteiger partial charge in [-0.05, 0) is 44.0 Å². The van der Waals surface area contributed by atoms with Crippen molar-refractivity contribution >= 4 is 73.3 Å². The molecule has 0 radical (unpaired) electrons. The Morgan fingerprint density at radius 3 is 2.25 bits per heavy atom. The number of nitrogens with one attached hydrogen (secondary N) is 3. The van der Waals surface area contributed by atoms with E-state index >= 15 is 0 Å². The molecule has 5 heterocycles. The Kier molecular flexibility index (Phi) is 18.2. The third-order valence-electron chi connectivity index (χ3n) is 11.2. The number of H-pyrrole nitrogens is 1. The molecule has 34 nitrogen and oxygen atoms in total. The number of anilines is 1. The third kappa shape index (κ3) is 14.3. The molecule has 0 aliphatic carbocycles. The summed E-state index contributed by atoms with van der Waals surface area (Å²) in [5, 5.41) is 85.6. The van der Waals surface area contributed by atoms with E-state index in [1.54, 1.807) is 0 Å². The van der Waals surface area contributed by atoms with Crippen LogP contribution >= 0.6 is 15.6 Å². The summed E-state index contributed by atoms with van der Waals surface area (Å²) >= 11 is 0. The number of nitrogens with two attached hydrogens (primary N) is 1. The molecular weight excluding hydrogens is 1050 g/mol. The first-order chi connectivity index (χ1) is 35.1. The van der Waals surface area contributed by atoms with Crippen LogP contribution in [-0.4, -0.2) is 182 Å². The van der Waals surface area contributed by atoms with Gasteiger partial charge in [-0.15, -0.1) is 0 Å². The summed E-state index contributed by atoms with van der Waals surface area (Å²) in [6.07, 6.45) is -14.5. The standard InChI is InChI=1S/C39H48N10O24P2/c1-15(34(58)45-20(38(62)63)3-6-25(52)44-19(37(60)61)4-7-26(53)54)72-74(65,66)69-11-23(51)28(55)22(50)10-48-21-5-2-17(8-16(21)9-18-32(48)46-39(64)47-35(18)59)73-75(67,68)70-12-24-29(56)30(57)36(71-24)49-14-43-27-31(40)41-13-42-33(27)49/h2,5,8-9,13-15,19-20,22-24,28-30,36,50-51,55-57H,3-4,6-7,10-12H2,1H3,(H,44,52)(H,45,58)(H,53,54)(H,60,61)(H,62,63)(H,65,66)(H,67,68)(H2,40,41,42)(H,47,59,64). The van der Waals surface area contributed by atoms with Gasteiger partial charge < -0.3 is 75.9 Å². The number of aliphatic carboxylic acids is 3. The number of nitrogen functional groups attached to an aromatic ring is 1. The Morgan fingerprint density at radius 2 is 1.57 bits per heavy atom. The highest BCUT2D eigenvalue weighted by atomic mass is 31.2. The number of phosphoric ester groups is 2. The number of aliphatic hydroxyl groups is 5. The summed E-state index contributed by atoms with van der Waals surface area (Å²) < 4.78 is 53.7. The number of benzene rings is 1. The largest absolute Gasteiger partial charge is 0.527 e. The number of carboxylic acids is 3. The highest BCUT2D eigenvalue weighted by molar-refractivity contribution is 7.48. The molecule has 1 aromatic carbocycles. The number of carbonyl (C=O) groups excluding carboxylic acids is 2. The van der Waals surface area contributed by atoms with Crippen LogP contribution in [0.3, 0.4) is 0 Å². The van der Waals surface area contributed by atoms with Crippen LogP contribution in [0.1, 0.15) is 38.8 Å². The lowest BCUT2D eigenvalue weighted by molar-refractivity contribution is -0.144. The highest BCUT2D eigenvalue weighted by Crippen LogP contribution is 2.46. The van der Waals surface area contributed by atoms with E-state index in [1.807, 2.05) is 15.6 Å². The van der Waals surface area contributed by atoms with Crippen molar-refractivity contribution in [2.45, 2.75) is 100 Å². The molecule has 0 bridgehead atoms. The molecule has 3 aliphatic heterocycles. The lowest BCUT2D eigenvalue weighted by Gasteiger charge is -2.26. The van der Waals surface area contributed by atoms with E-state index in [-0.39, 0.29) is 45.0 Å². The molecule has 0 spiro atoms. The molecule has 6 rings (SSSR count). The Balaban J connectivity index is 1.06. The average molecular weight is 1100 g/mol. The van der Waals surface area contributed by atoms with E-state index in [1.165, 1.54) is 23.0 Å². The molecule has 36 heteroatoms. The van der Waals surface area contributed by atoms with Crippen molar-refractivity contribution in [2.75, 3.05) is 18.9 Å². The van der Waals surface area contributed by atoms with Gasteiger partial charge in [-0.25, -0.2) is 38.5 Å². The maximum absolute atomic E-state index is 13.2. The fraction of sp³-hybridized carbons (Fsp3) is 0.462. The predicted octanol–water partition coefficient (Wildman–Crippen LogP) is -3.88. The number of aliphatic hydroxyl groups excluding tert-OH is 5. The molecule has 0 saturated carbocycles. The second kappa shape index (κ2) is 23.7. The fourth-order valence-electron chi connectivity index (χ4n) is 7.38. The molecular formula is C39H48N10O24P2. The van der Waals surface area contributed by atoms with Crippen molar-refractivity contribution in [2.24, 2.45) is 0 Å². The summed E-state index contributed by atoms with van der Waals surface area (Å²) in [6.45, 7) is -1.99. The van der Waals surface area contributed by atoms with Gasteiger partial charge in [-0.3, -0.25) is 47.2 Å². The number of aromatic nitrogens is 7. The lowest BCUT2D eigenvalue weighted by Crippen LogP contribution is -2.46. The first-order valence-electron chi connectivity index (χ1n) is 21.8. The van der Waals surface area contributed by atoms with Crippen LogP contribution in [0.25, 0.3) is 33.5 Å². The van der Waals surface area contributed by atoms with Gasteiger partial charge in [0.1, 0.15) is 72.4 Å². The van der Waals surface area contributed by atoms with Crippen LogP contribution in [0, 0.1) is 0 Å². The molecule has 15 N–H and O–H groups in total. The van der Waals surface area contributed by atoms with Crippen LogP contribution < -0.4 is 32.1 Å². The summed E-state index contributed by atoms with van der Waals surface area (Å²) in [5.74, 6) is -7.63.